The Morgan fingerprint density at radius 2 is 2.24 bits per heavy atom. The van der Waals surface area contributed by atoms with Crippen molar-refractivity contribution in [3.05, 3.63) is 17.6 Å². The molecule has 1 aliphatic rings. The van der Waals surface area contributed by atoms with Gasteiger partial charge >= 0.3 is 0 Å². The van der Waals surface area contributed by atoms with E-state index in [1.165, 1.54) is 0 Å². The first-order valence-corrected chi connectivity index (χ1v) is 6.44. The van der Waals surface area contributed by atoms with Crippen LogP contribution >= 0.6 is 0 Å². The zero-order valence-corrected chi connectivity index (χ0v) is 10.6. The number of nitrogens with zero attached hydrogens (tertiary/aromatic N) is 2. The minimum atomic E-state index is -0.0971. The van der Waals surface area contributed by atoms with E-state index in [2.05, 4.69) is 22.2 Å². The molecule has 17 heavy (non-hydrogen) atoms. The summed E-state index contributed by atoms with van der Waals surface area (Å²) in [5.41, 5.74) is 1.08. The van der Waals surface area contributed by atoms with Gasteiger partial charge in [0, 0.05) is 18.3 Å². The van der Waals surface area contributed by atoms with Crippen LogP contribution in [-0.2, 0) is 6.42 Å². The summed E-state index contributed by atoms with van der Waals surface area (Å²) in [6.07, 6.45) is 3.80. The molecule has 2 rings (SSSR count). The van der Waals surface area contributed by atoms with Gasteiger partial charge in [0.25, 0.3) is 0 Å². The molecular formula is C13H21N3O. The number of aliphatic hydroxyl groups excluding tert-OH is 1. The van der Waals surface area contributed by atoms with Gasteiger partial charge in [-0.2, -0.15) is 0 Å². The van der Waals surface area contributed by atoms with E-state index in [9.17, 15) is 5.11 Å². The Bertz CT molecular complexity index is 381. The van der Waals surface area contributed by atoms with E-state index in [0.29, 0.717) is 5.92 Å². The molecule has 2 unspecified atom stereocenters. The van der Waals surface area contributed by atoms with Crippen LogP contribution in [0, 0.1) is 12.8 Å². The van der Waals surface area contributed by atoms with Crippen LogP contribution in [0.5, 0.6) is 0 Å². The summed E-state index contributed by atoms with van der Waals surface area (Å²) in [7, 11) is 0. The fraction of sp³-hybridized carbons (Fsp3) is 0.692. The van der Waals surface area contributed by atoms with Crippen molar-refractivity contribution in [3.63, 3.8) is 0 Å². The van der Waals surface area contributed by atoms with E-state index in [-0.39, 0.29) is 6.10 Å². The second-order valence-corrected chi connectivity index (χ2v) is 4.86. The predicted molar refractivity (Wildman–Crippen MR) is 68.0 cm³/mol. The quantitative estimate of drug-likeness (QED) is 0.837. The standard InChI is InChI=1S/C13H21N3O/c1-3-11-7-13(16-9(2)15-11)14-8-10-4-5-12(17)6-10/h7,10,12,17H,3-6,8H2,1-2H3,(H,14,15,16). The highest BCUT2D eigenvalue weighted by Gasteiger charge is 2.22. The first kappa shape index (κ1) is 12.3. The number of aryl methyl sites for hydroxylation is 2. The zero-order valence-electron chi connectivity index (χ0n) is 10.6. The highest BCUT2D eigenvalue weighted by Crippen LogP contribution is 2.25. The molecule has 2 N–H and O–H groups in total. The van der Waals surface area contributed by atoms with Crippen molar-refractivity contribution in [3.8, 4) is 0 Å². The van der Waals surface area contributed by atoms with Crippen LogP contribution in [0.15, 0.2) is 6.07 Å². The highest BCUT2D eigenvalue weighted by atomic mass is 16.3. The second kappa shape index (κ2) is 5.45. The molecule has 0 aromatic carbocycles. The summed E-state index contributed by atoms with van der Waals surface area (Å²) in [6.45, 7) is 4.92. The average Bonchev–Trinajstić information content (AvgIpc) is 2.72. The van der Waals surface area contributed by atoms with Crippen molar-refractivity contribution in [2.45, 2.75) is 45.6 Å². The summed E-state index contributed by atoms with van der Waals surface area (Å²) < 4.78 is 0. The predicted octanol–water partition coefficient (Wildman–Crippen LogP) is 1.92. The third kappa shape index (κ3) is 3.40. The van der Waals surface area contributed by atoms with Crippen molar-refractivity contribution in [1.82, 2.24) is 9.97 Å². The molecule has 0 aliphatic heterocycles. The lowest BCUT2D eigenvalue weighted by Crippen LogP contribution is -2.14. The van der Waals surface area contributed by atoms with Crippen LogP contribution in [0.2, 0.25) is 0 Å². The Morgan fingerprint density at radius 1 is 1.41 bits per heavy atom. The Balaban J connectivity index is 1.92. The average molecular weight is 235 g/mol. The van der Waals surface area contributed by atoms with Gasteiger partial charge in [-0.25, -0.2) is 9.97 Å². The van der Waals surface area contributed by atoms with Crippen molar-refractivity contribution in [2.75, 3.05) is 11.9 Å². The van der Waals surface area contributed by atoms with Crippen LogP contribution in [0.4, 0.5) is 5.82 Å². The van der Waals surface area contributed by atoms with Gasteiger partial charge in [-0.1, -0.05) is 6.92 Å². The molecule has 1 fully saturated rings. The number of hydrogen-bond donors (Lipinski definition) is 2. The molecule has 0 saturated heterocycles. The van der Waals surface area contributed by atoms with Crippen LogP contribution in [-0.4, -0.2) is 27.7 Å². The molecule has 4 nitrogen and oxygen atoms in total. The van der Waals surface area contributed by atoms with E-state index >= 15 is 0 Å². The Morgan fingerprint density at radius 3 is 2.88 bits per heavy atom. The minimum Gasteiger partial charge on any atom is -0.393 e. The third-order valence-electron chi connectivity index (χ3n) is 3.34. The smallest absolute Gasteiger partial charge is 0.129 e. The monoisotopic (exact) mass is 235 g/mol. The number of anilines is 1. The molecule has 1 heterocycles. The summed E-state index contributed by atoms with van der Waals surface area (Å²) >= 11 is 0. The van der Waals surface area contributed by atoms with Gasteiger partial charge < -0.3 is 10.4 Å². The largest absolute Gasteiger partial charge is 0.393 e. The van der Waals surface area contributed by atoms with Crippen molar-refractivity contribution < 1.29 is 5.11 Å². The Kier molecular flexibility index (Phi) is 3.94. The normalized spacial score (nSPS) is 23.9. The molecule has 0 radical (unpaired) electrons. The Hall–Kier alpha value is -1.16. The topological polar surface area (TPSA) is 58.0 Å². The van der Waals surface area contributed by atoms with E-state index in [1.54, 1.807) is 0 Å². The highest BCUT2D eigenvalue weighted by molar-refractivity contribution is 5.36. The van der Waals surface area contributed by atoms with Crippen LogP contribution in [0.3, 0.4) is 0 Å². The molecule has 0 amide bonds. The maximum atomic E-state index is 9.47. The van der Waals surface area contributed by atoms with E-state index < -0.39 is 0 Å². The van der Waals surface area contributed by atoms with Crippen LogP contribution in [0.1, 0.15) is 37.7 Å². The van der Waals surface area contributed by atoms with E-state index in [4.69, 9.17) is 0 Å². The Labute approximate surface area is 102 Å². The van der Waals surface area contributed by atoms with Gasteiger partial charge in [-0.05, 0) is 38.5 Å². The molecule has 1 aromatic heterocycles. The summed E-state index contributed by atoms with van der Waals surface area (Å²) in [5.74, 6) is 2.30. The van der Waals surface area contributed by atoms with Gasteiger partial charge in [-0.15, -0.1) is 0 Å². The third-order valence-corrected chi connectivity index (χ3v) is 3.34. The maximum Gasteiger partial charge on any atom is 0.129 e. The zero-order chi connectivity index (χ0) is 12.3. The van der Waals surface area contributed by atoms with Crippen LogP contribution in [0.25, 0.3) is 0 Å². The molecule has 1 aliphatic carbocycles. The van der Waals surface area contributed by atoms with Gasteiger partial charge in [0.1, 0.15) is 11.6 Å². The van der Waals surface area contributed by atoms with Crippen molar-refractivity contribution >= 4 is 5.82 Å². The number of nitrogens with one attached hydrogen (secondary N) is 1. The fourth-order valence-electron chi connectivity index (χ4n) is 2.38. The SMILES string of the molecule is CCc1cc(NCC2CCC(O)C2)nc(C)n1. The first-order valence-electron chi connectivity index (χ1n) is 6.44. The van der Waals surface area contributed by atoms with E-state index in [1.807, 2.05) is 13.0 Å². The van der Waals surface area contributed by atoms with E-state index in [0.717, 1.165) is 49.6 Å². The van der Waals surface area contributed by atoms with Crippen LogP contribution < -0.4 is 5.32 Å². The molecule has 0 bridgehead atoms. The van der Waals surface area contributed by atoms with Gasteiger partial charge in [0.05, 0.1) is 6.10 Å². The molecule has 2 atom stereocenters. The maximum absolute atomic E-state index is 9.47. The first-order chi connectivity index (χ1) is 8.17. The fourth-order valence-corrected chi connectivity index (χ4v) is 2.38. The van der Waals surface area contributed by atoms with Gasteiger partial charge in [-0.3, -0.25) is 0 Å². The molecule has 1 saturated carbocycles. The van der Waals surface area contributed by atoms with Crippen molar-refractivity contribution in [1.29, 1.82) is 0 Å². The lowest BCUT2D eigenvalue weighted by atomic mass is 10.1. The molecule has 4 heteroatoms. The van der Waals surface area contributed by atoms with Gasteiger partial charge in [0.2, 0.25) is 0 Å². The molecule has 94 valence electrons. The molecular weight excluding hydrogens is 214 g/mol. The minimum absolute atomic E-state index is 0.0971. The number of aliphatic hydroxyl groups is 1. The number of hydrogen-bond acceptors (Lipinski definition) is 4. The molecule has 1 aromatic rings. The number of rotatable bonds is 4. The number of aromatic nitrogens is 2. The second-order valence-electron chi connectivity index (χ2n) is 4.86. The summed E-state index contributed by atoms with van der Waals surface area (Å²) in [4.78, 5) is 8.73. The van der Waals surface area contributed by atoms with Crippen molar-refractivity contribution in [2.24, 2.45) is 5.92 Å². The molecule has 0 spiro atoms. The summed E-state index contributed by atoms with van der Waals surface area (Å²) in [5, 5.41) is 12.8. The summed E-state index contributed by atoms with van der Waals surface area (Å²) in [6, 6.07) is 2.01. The lowest BCUT2D eigenvalue weighted by Gasteiger charge is -2.12. The lowest BCUT2D eigenvalue weighted by molar-refractivity contribution is 0.178. The van der Waals surface area contributed by atoms with Gasteiger partial charge in [0.15, 0.2) is 0 Å².